The van der Waals surface area contributed by atoms with E-state index in [4.69, 9.17) is 0 Å². The highest BCUT2D eigenvalue weighted by atomic mass is 127. The second-order valence-electron chi connectivity index (χ2n) is 7.71. The number of rotatable bonds is 7. The number of carbonyl (C=O) groups is 1. The molecule has 0 bridgehead atoms. The summed E-state index contributed by atoms with van der Waals surface area (Å²) in [4.78, 5) is 26.4. The van der Waals surface area contributed by atoms with E-state index in [9.17, 15) is 4.79 Å². The number of imidazole rings is 1. The lowest BCUT2D eigenvalue weighted by Gasteiger charge is -2.21. The summed E-state index contributed by atoms with van der Waals surface area (Å²) in [5, 5.41) is 6.20. The maximum absolute atomic E-state index is 11.9. The fraction of sp³-hybridized carbons (Fsp3) is 0.476. The lowest BCUT2D eigenvalue weighted by molar-refractivity contribution is -0.128. The Balaban J connectivity index is 0.00000420. The summed E-state index contributed by atoms with van der Waals surface area (Å²) in [5.74, 6) is 1.68. The summed E-state index contributed by atoms with van der Waals surface area (Å²) in [5.41, 5.74) is 1.72. The monoisotopic (exact) mass is 512 g/mol. The average molecular weight is 512 g/mol. The zero-order valence-electron chi connectivity index (χ0n) is 18.0. The number of benzene rings is 1. The van der Waals surface area contributed by atoms with Crippen molar-refractivity contribution in [2.75, 3.05) is 26.7 Å². The third kappa shape index (κ3) is 8.04. The third-order valence-corrected chi connectivity index (χ3v) is 4.14. The summed E-state index contributed by atoms with van der Waals surface area (Å²) in [7, 11) is 1.97. The molecule has 1 aromatic heterocycles. The summed E-state index contributed by atoms with van der Waals surface area (Å²) in [6.45, 7) is 10.1. The van der Waals surface area contributed by atoms with E-state index in [0.717, 1.165) is 29.6 Å². The standard InChI is InChI=1S/C21H32N6O.HI/c1-6-22-20(24-13-12-23-19(28)21(2,3)4)27(5)15-18-25-14-17(26-18)16-10-8-7-9-11-16;/h7-11,14H,6,12-13,15H2,1-5H3,(H,22,24)(H,23,28)(H,25,26);1H. The molecule has 1 aromatic carbocycles. The highest BCUT2D eigenvalue weighted by Gasteiger charge is 2.20. The Labute approximate surface area is 190 Å². The van der Waals surface area contributed by atoms with Crippen LogP contribution in [0.2, 0.25) is 0 Å². The van der Waals surface area contributed by atoms with E-state index in [1.807, 2.05) is 64.0 Å². The summed E-state index contributed by atoms with van der Waals surface area (Å²) in [6.07, 6.45) is 1.85. The number of hydrogen-bond acceptors (Lipinski definition) is 3. The van der Waals surface area contributed by atoms with Crippen molar-refractivity contribution in [2.45, 2.75) is 34.2 Å². The van der Waals surface area contributed by atoms with Crippen LogP contribution in [0.25, 0.3) is 11.3 Å². The molecule has 0 saturated heterocycles. The Morgan fingerprint density at radius 1 is 1.21 bits per heavy atom. The number of halogens is 1. The predicted molar refractivity (Wildman–Crippen MR) is 129 cm³/mol. The number of nitrogens with zero attached hydrogens (tertiary/aromatic N) is 3. The second kappa shape index (κ2) is 11.8. The molecule has 7 nitrogen and oxygen atoms in total. The van der Waals surface area contributed by atoms with E-state index in [0.29, 0.717) is 19.6 Å². The fourth-order valence-electron chi connectivity index (χ4n) is 2.57. The normalized spacial score (nSPS) is 11.6. The predicted octanol–water partition coefficient (Wildman–Crippen LogP) is 3.25. The number of amides is 1. The number of hydrogen-bond donors (Lipinski definition) is 3. The zero-order chi connectivity index (χ0) is 20.6. The van der Waals surface area contributed by atoms with Crippen LogP contribution in [0.3, 0.4) is 0 Å². The van der Waals surface area contributed by atoms with E-state index in [1.165, 1.54) is 0 Å². The lowest BCUT2D eigenvalue weighted by Crippen LogP contribution is -2.40. The molecule has 8 heteroatoms. The van der Waals surface area contributed by atoms with Crippen molar-refractivity contribution >= 4 is 35.8 Å². The zero-order valence-corrected chi connectivity index (χ0v) is 20.3. The maximum atomic E-state index is 11.9. The number of aliphatic imine (C=N–C) groups is 1. The molecule has 0 saturated carbocycles. The van der Waals surface area contributed by atoms with E-state index >= 15 is 0 Å². The second-order valence-corrected chi connectivity index (χ2v) is 7.71. The Bertz CT molecular complexity index is 782. The number of aromatic amines is 1. The topological polar surface area (TPSA) is 85.4 Å². The van der Waals surface area contributed by atoms with Gasteiger partial charge in [-0.15, -0.1) is 24.0 Å². The molecule has 160 valence electrons. The molecule has 0 fully saturated rings. The number of carbonyl (C=O) groups excluding carboxylic acids is 1. The van der Waals surface area contributed by atoms with Gasteiger partial charge in [-0.05, 0) is 12.5 Å². The number of H-pyrrole nitrogens is 1. The molecule has 3 N–H and O–H groups in total. The van der Waals surface area contributed by atoms with Crippen LogP contribution in [0.1, 0.15) is 33.5 Å². The van der Waals surface area contributed by atoms with Crippen molar-refractivity contribution in [1.82, 2.24) is 25.5 Å². The van der Waals surface area contributed by atoms with E-state index < -0.39 is 0 Å². The van der Waals surface area contributed by atoms with Crippen LogP contribution in [0, 0.1) is 5.41 Å². The Morgan fingerprint density at radius 3 is 2.52 bits per heavy atom. The van der Waals surface area contributed by atoms with Gasteiger partial charge in [-0.1, -0.05) is 51.1 Å². The van der Waals surface area contributed by atoms with Crippen molar-refractivity contribution in [3.8, 4) is 11.3 Å². The minimum absolute atomic E-state index is 0. The Kier molecular flexibility index (Phi) is 10.1. The Hall–Kier alpha value is -2.10. The van der Waals surface area contributed by atoms with E-state index in [2.05, 4.69) is 37.7 Å². The van der Waals surface area contributed by atoms with Gasteiger partial charge in [-0.25, -0.2) is 4.98 Å². The molecule has 0 aliphatic carbocycles. The van der Waals surface area contributed by atoms with Crippen molar-refractivity contribution in [3.63, 3.8) is 0 Å². The summed E-state index contributed by atoms with van der Waals surface area (Å²) in [6, 6.07) is 10.1. The molecule has 0 atom stereocenters. The van der Waals surface area contributed by atoms with Gasteiger partial charge in [-0.3, -0.25) is 9.79 Å². The molecular formula is C21H33IN6O. The molecule has 0 unspecified atom stereocenters. The fourth-order valence-corrected chi connectivity index (χ4v) is 2.57. The minimum atomic E-state index is -0.388. The number of guanidine groups is 1. The molecule has 0 radical (unpaired) electrons. The van der Waals surface area contributed by atoms with Crippen LogP contribution in [0.4, 0.5) is 0 Å². The molecule has 1 amide bonds. The molecule has 0 aliphatic rings. The quantitative estimate of drug-likeness (QED) is 0.230. The summed E-state index contributed by atoms with van der Waals surface area (Å²) < 4.78 is 0. The van der Waals surface area contributed by atoms with Gasteiger partial charge in [0, 0.05) is 25.6 Å². The first-order chi connectivity index (χ1) is 13.3. The van der Waals surface area contributed by atoms with Crippen LogP contribution >= 0.6 is 24.0 Å². The van der Waals surface area contributed by atoms with Crippen LogP contribution in [0.15, 0.2) is 41.5 Å². The summed E-state index contributed by atoms with van der Waals surface area (Å²) >= 11 is 0. The van der Waals surface area contributed by atoms with Crippen LogP contribution in [-0.2, 0) is 11.3 Å². The number of nitrogens with one attached hydrogen (secondary N) is 3. The van der Waals surface area contributed by atoms with Crippen molar-refractivity contribution < 1.29 is 4.79 Å². The van der Waals surface area contributed by atoms with Gasteiger partial charge < -0.3 is 20.5 Å². The van der Waals surface area contributed by atoms with Gasteiger partial charge in [0.2, 0.25) is 5.91 Å². The molecule has 0 spiro atoms. The first kappa shape index (κ1) is 24.9. The van der Waals surface area contributed by atoms with Crippen molar-refractivity contribution in [3.05, 3.63) is 42.4 Å². The molecule has 2 aromatic rings. The largest absolute Gasteiger partial charge is 0.357 e. The van der Waals surface area contributed by atoms with E-state index in [-0.39, 0.29) is 35.3 Å². The lowest BCUT2D eigenvalue weighted by atomic mass is 9.96. The number of aromatic nitrogens is 2. The van der Waals surface area contributed by atoms with Crippen LogP contribution in [-0.4, -0.2) is 53.4 Å². The van der Waals surface area contributed by atoms with E-state index in [1.54, 1.807) is 0 Å². The highest BCUT2D eigenvalue weighted by molar-refractivity contribution is 14.0. The SMILES string of the molecule is CCNC(=NCCNC(=O)C(C)(C)C)N(C)Cc1ncc(-c2ccccc2)[nH]1.I. The van der Waals surface area contributed by atoms with Crippen molar-refractivity contribution in [1.29, 1.82) is 0 Å². The third-order valence-electron chi connectivity index (χ3n) is 4.14. The first-order valence-electron chi connectivity index (χ1n) is 9.68. The minimum Gasteiger partial charge on any atom is -0.357 e. The van der Waals surface area contributed by atoms with Gasteiger partial charge in [0.15, 0.2) is 5.96 Å². The first-order valence-corrected chi connectivity index (χ1v) is 9.68. The van der Waals surface area contributed by atoms with Gasteiger partial charge in [0.25, 0.3) is 0 Å². The molecule has 0 aliphatic heterocycles. The maximum Gasteiger partial charge on any atom is 0.225 e. The van der Waals surface area contributed by atoms with Crippen molar-refractivity contribution in [2.24, 2.45) is 10.4 Å². The molecule has 2 rings (SSSR count). The molecular weight excluding hydrogens is 479 g/mol. The van der Waals surface area contributed by atoms with Gasteiger partial charge in [0.1, 0.15) is 5.82 Å². The average Bonchev–Trinajstić information content (AvgIpc) is 3.12. The van der Waals surface area contributed by atoms with Crippen LogP contribution in [0.5, 0.6) is 0 Å². The molecule has 1 heterocycles. The smallest absolute Gasteiger partial charge is 0.225 e. The Morgan fingerprint density at radius 2 is 1.90 bits per heavy atom. The molecule has 29 heavy (non-hydrogen) atoms. The van der Waals surface area contributed by atoms with Gasteiger partial charge >= 0.3 is 0 Å². The highest BCUT2D eigenvalue weighted by Crippen LogP contribution is 2.16. The van der Waals surface area contributed by atoms with Gasteiger partial charge in [0.05, 0.1) is 25.0 Å². The van der Waals surface area contributed by atoms with Crippen LogP contribution < -0.4 is 10.6 Å². The van der Waals surface area contributed by atoms with Gasteiger partial charge in [-0.2, -0.15) is 0 Å².